The molecule has 37 heavy (non-hydrogen) atoms. The lowest BCUT2D eigenvalue weighted by Crippen LogP contribution is -2.69. The maximum atomic E-state index is 14.0. The maximum Gasteiger partial charge on any atom is 0.309 e. The highest BCUT2D eigenvalue weighted by molar-refractivity contribution is 5.93. The van der Waals surface area contributed by atoms with Crippen LogP contribution in [-0.2, 0) is 47.6 Å². The van der Waals surface area contributed by atoms with Gasteiger partial charge in [0.05, 0.1) is 18.9 Å². The molecule has 2 saturated carbocycles. The predicted molar refractivity (Wildman–Crippen MR) is 121 cm³/mol. The van der Waals surface area contributed by atoms with Gasteiger partial charge in [-0.2, -0.15) is 0 Å². The number of carbonyl (C=O) groups excluding carboxylic acids is 4. The SMILES string of the molecule is COC(=O)[C@@H]1C[C@H](OC(C)=O)C(=O)[C@H]2[C@@]1(C)CC[C@H]1C(=O)O[C@H]([C@@]3(O)[C@H](OC)O[C@H](OC)[C@H]3O)C[C@]21C. The van der Waals surface area contributed by atoms with Crippen molar-refractivity contribution in [3.05, 3.63) is 0 Å². The molecule has 4 fully saturated rings. The van der Waals surface area contributed by atoms with E-state index in [0.717, 1.165) is 0 Å². The number of cyclic esters (lactones) is 1. The number of ether oxygens (including phenoxy) is 6. The second kappa shape index (κ2) is 9.57. The van der Waals surface area contributed by atoms with E-state index < -0.39 is 88.8 Å². The third-order valence-corrected chi connectivity index (χ3v) is 9.23. The lowest BCUT2D eigenvalue weighted by molar-refractivity contribution is -0.264. The van der Waals surface area contributed by atoms with E-state index in [0.29, 0.717) is 12.8 Å². The van der Waals surface area contributed by atoms with Crippen LogP contribution in [-0.4, -0.2) is 91.7 Å². The second-order valence-corrected chi connectivity index (χ2v) is 11.1. The summed E-state index contributed by atoms with van der Waals surface area (Å²) in [5.74, 6) is -4.67. The number of aliphatic hydroxyl groups is 2. The van der Waals surface area contributed by atoms with Gasteiger partial charge in [-0.1, -0.05) is 13.8 Å². The number of ketones is 1. The number of Topliss-reactive ketones (excluding diaryl/α,β-unsaturated/α-hetero) is 1. The molecule has 2 heterocycles. The summed E-state index contributed by atoms with van der Waals surface area (Å²) in [4.78, 5) is 52.1. The minimum absolute atomic E-state index is 0.0233. The number of aliphatic hydroxyl groups excluding tert-OH is 1. The van der Waals surface area contributed by atoms with Crippen LogP contribution >= 0.6 is 0 Å². The molecule has 0 aromatic heterocycles. The van der Waals surface area contributed by atoms with E-state index in [1.807, 2.05) is 6.92 Å². The van der Waals surface area contributed by atoms with Crippen molar-refractivity contribution in [2.75, 3.05) is 21.3 Å². The third-order valence-electron chi connectivity index (χ3n) is 9.23. The van der Waals surface area contributed by atoms with Crippen molar-refractivity contribution < 1.29 is 57.8 Å². The predicted octanol–water partition coefficient (Wildman–Crippen LogP) is 0.102. The molecule has 12 nitrogen and oxygen atoms in total. The van der Waals surface area contributed by atoms with Gasteiger partial charge in [0, 0.05) is 33.5 Å². The molecule has 2 saturated heterocycles. The van der Waals surface area contributed by atoms with E-state index in [1.54, 1.807) is 6.92 Å². The number of esters is 3. The van der Waals surface area contributed by atoms with Gasteiger partial charge in [0.1, 0.15) is 12.2 Å². The largest absolute Gasteiger partial charge is 0.469 e. The average Bonchev–Trinajstić information content (AvgIpc) is 3.09. The second-order valence-electron chi connectivity index (χ2n) is 11.1. The first-order valence-electron chi connectivity index (χ1n) is 12.4. The Kier molecular flexibility index (Phi) is 7.21. The van der Waals surface area contributed by atoms with Crippen molar-refractivity contribution in [2.45, 2.75) is 82.9 Å². The highest BCUT2D eigenvalue weighted by Gasteiger charge is 2.71. The lowest BCUT2D eigenvalue weighted by Gasteiger charge is -2.61. The Morgan fingerprint density at radius 1 is 1.08 bits per heavy atom. The van der Waals surface area contributed by atoms with Crippen molar-refractivity contribution in [2.24, 2.45) is 28.6 Å². The molecule has 208 valence electrons. The summed E-state index contributed by atoms with van der Waals surface area (Å²) in [5.41, 5.74) is -4.26. The zero-order valence-electron chi connectivity index (χ0n) is 21.9. The van der Waals surface area contributed by atoms with Crippen LogP contribution in [0.4, 0.5) is 0 Å². The fourth-order valence-electron chi connectivity index (χ4n) is 7.51. The van der Waals surface area contributed by atoms with Crippen molar-refractivity contribution >= 4 is 23.7 Å². The Balaban J connectivity index is 1.80. The minimum Gasteiger partial charge on any atom is -0.469 e. The molecule has 0 radical (unpaired) electrons. The molecule has 4 rings (SSSR count). The summed E-state index contributed by atoms with van der Waals surface area (Å²) in [6.07, 6.45) is -6.18. The summed E-state index contributed by atoms with van der Waals surface area (Å²) in [7, 11) is 3.81. The number of hydrogen-bond acceptors (Lipinski definition) is 12. The van der Waals surface area contributed by atoms with Gasteiger partial charge in [-0.3, -0.25) is 19.2 Å². The van der Waals surface area contributed by atoms with Gasteiger partial charge in [-0.15, -0.1) is 0 Å². The molecule has 2 aliphatic heterocycles. The average molecular weight is 529 g/mol. The summed E-state index contributed by atoms with van der Waals surface area (Å²) < 4.78 is 32.0. The Morgan fingerprint density at radius 3 is 2.32 bits per heavy atom. The Morgan fingerprint density at radius 2 is 1.76 bits per heavy atom. The molecule has 0 aromatic carbocycles. The fourth-order valence-corrected chi connectivity index (χ4v) is 7.51. The van der Waals surface area contributed by atoms with Crippen LogP contribution in [0.25, 0.3) is 0 Å². The molecule has 12 heteroatoms. The molecular weight excluding hydrogens is 492 g/mol. The van der Waals surface area contributed by atoms with E-state index in [-0.39, 0.29) is 12.8 Å². The van der Waals surface area contributed by atoms with Crippen molar-refractivity contribution in [3.63, 3.8) is 0 Å². The molecule has 0 spiro atoms. The van der Waals surface area contributed by atoms with Gasteiger partial charge < -0.3 is 38.6 Å². The van der Waals surface area contributed by atoms with Crippen molar-refractivity contribution in [1.82, 2.24) is 0 Å². The zero-order chi connectivity index (χ0) is 27.5. The summed E-state index contributed by atoms with van der Waals surface area (Å²) in [6.45, 7) is 4.75. The van der Waals surface area contributed by atoms with Crippen LogP contribution in [0.15, 0.2) is 0 Å². The Labute approximate surface area is 214 Å². The van der Waals surface area contributed by atoms with Crippen molar-refractivity contribution in [3.8, 4) is 0 Å². The van der Waals surface area contributed by atoms with Gasteiger partial charge >= 0.3 is 17.9 Å². The monoisotopic (exact) mass is 528 g/mol. The van der Waals surface area contributed by atoms with E-state index in [4.69, 9.17) is 28.4 Å². The number of hydrogen-bond donors (Lipinski definition) is 2. The van der Waals surface area contributed by atoms with Crippen LogP contribution < -0.4 is 0 Å². The molecule has 0 amide bonds. The first-order chi connectivity index (χ1) is 17.3. The van der Waals surface area contributed by atoms with Gasteiger partial charge in [0.15, 0.2) is 30.1 Å². The molecular formula is C25H36O12. The van der Waals surface area contributed by atoms with Crippen molar-refractivity contribution in [1.29, 1.82) is 0 Å². The normalized spacial score (nSPS) is 47.5. The molecule has 2 N–H and O–H groups in total. The summed E-state index contributed by atoms with van der Waals surface area (Å²) in [6, 6.07) is 0. The van der Waals surface area contributed by atoms with Crippen LogP contribution in [0.5, 0.6) is 0 Å². The van der Waals surface area contributed by atoms with E-state index in [9.17, 15) is 29.4 Å². The summed E-state index contributed by atoms with van der Waals surface area (Å²) >= 11 is 0. The zero-order valence-corrected chi connectivity index (χ0v) is 21.9. The summed E-state index contributed by atoms with van der Waals surface area (Å²) in [5, 5.41) is 22.6. The first-order valence-corrected chi connectivity index (χ1v) is 12.4. The molecule has 2 aliphatic carbocycles. The van der Waals surface area contributed by atoms with E-state index in [2.05, 4.69) is 0 Å². The lowest BCUT2D eigenvalue weighted by atomic mass is 9.43. The topological polar surface area (TPSA) is 164 Å². The van der Waals surface area contributed by atoms with Gasteiger partial charge in [-0.25, -0.2) is 0 Å². The molecule has 0 unspecified atom stereocenters. The van der Waals surface area contributed by atoms with Crippen LogP contribution in [0.2, 0.25) is 0 Å². The minimum atomic E-state index is -2.21. The standard InChI is InChI=1S/C25H36O12/c1-11(26)35-14-9-13(19(29)32-4)23(2)8-7-12-20(30)36-15(10-24(12,3)17(23)16(14)27)25(31)18(28)21(33-5)37-22(25)34-6/h12-15,17-18,21-22,28,31H,7-10H2,1-6H3/t12-,13-,14-,15-,17-,18+,21-,22+,23-,24-,25-/m0/s1. The van der Waals surface area contributed by atoms with Gasteiger partial charge in [0.2, 0.25) is 0 Å². The molecule has 0 bridgehead atoms. The third kappa shape index (κ3) is 3.99. The maximum absolute atomic E-state index is 14.0. The molecule has 0 aromatic rings. The van der Waals surface area contributed by atoms with E-state index in [1.165, 1.54) is 28.3 Å². The van der Waals surface area contributed by atoms with Crippen LogP contribution in [0, 0.1) is 28.6 Å². The number of fused-ring (bicyclic) bond motifs is 3. The Bertz CT molecular complexity index is 963. The van der Waals surface area contributed by atoms with Gasteiger partial charge in [0.25, 0.3) is 0 Å². The number of methoxy groups -OCH3 is 3. The highest BCUT2D eigenvalue weighted by Crippen LogP contribution is 2.64. The van der Waals surface area contributed by atoms with Crippen LogP contribution in [0.1, 0.15) is 46.5 Å². The first kappa shape index (κ1) is 27.9. The fraction of sp³-hybridized carbons (Fsp3) is 0.840. The van der Waals surface area contributed by atoms with Crippen LogP contribution in [0.3, 0.4) is 0 Å². The highest BCUT2D eigenvalue weighted by atomic mass is 16.8. The molecule has 4 aliphatic rings. The quantitative estimate of drug-likeness (QED) is 0.366. The molecule has 11 atom stereocenters. The van der Waals surface area contributed by atoms with E-state index >= 15 is 0 Å². The smallest absolute Gasteiger partial charge is 0.309 e. The van der Waals surface area contributed by atoms with Gasteiger partial charge in [-0.05, 0) is 30.1 Å². The number of carbonyl (C=O) groups is 4. The number of rotatable bonds is 5. The Hall–Kier alpha value is -2.12.